The lowest BCUT2D eigenvalue weighted by molar-refractivity contribution is -0.377. The molecule has 0 saturated heterocycles. The van der Waals surface area contributed by atoms with Crippen molar-refractivity contribution in [2.24, 2.45) is 0 Å². The second kappa shape index (κ2) is 6.52. The summed E-state index contributed by atoms with van der Waals surface area (Å²) in [6.45, 7) is 4.84. The van der Waals surface area contributed by atoms with Gasteiger partial charge in [0.2, 0.25) is 5.88 Å². The average Bonchev–Trinajstić information content (AvgIpc) is 2.62. The standard InChI is InChI=1S/C19H23N5O2/c1-3-25-14-10-12-13(11-20)18(26-4-2)22-17-15(12)16(21-14)23-19(24-17)8-6-5-7-9-19/h10H,3-9H2,1-2H3,(H,21,23)(H,22,24)/p+1. The van der Waals surface area contributed by atoms with E-state index in [1.165, 1.54) is 6.42 Å². The second-order valence-corrected chi connectivity index (χ2v) is 6.81. The number of aromatic nitrogens is 2. The Hall–Kier alpha value is -2.75. The van der Waals surface area contributed by atoms with Gasteiger partial charge in [-0.15, -0.1) is 0 Å². The normalized spacial score (nSPS) is 17.3. The minimum absolute atomic E-state index is 0.218. The molecule has 2 aromatic rings. The molecule has 2 aromatic heterocycles. The first-order valence-electron chi connectivity index (χ1n) is 9.36. The third-order valence-electron chi connectivity index (χ3n) is 5.10. The Morgan fingerprint density at radius 2 is 1.96 bits per heavy atom. The van der Waals surface area contributed by atoms with Crippen molar-refractivity contribution in [2.45, 2.75) is 51.6 Å². The zero-order valence-corrected chi connectivity index (χ0v) is 15.2. The Labute approximate surface area is 152 Å². The molecule has 1 saturated carbocycles. The Morgan fingerprint density at radius 3 is 2.65 bits per heavy atom. The summed E-state index contributed by atoms with van der Waals surface area (Å²) in [7, 11) is 0. The number of hydrogen-bond acceptors (Lipinski definition) is 6. The van der Waals surface area contributed by atoms with Crippen molar-refractivity contribution in [3.05, 3.63) is 11.6 Å². The van der Waals surface area contributed by atoms with E-state index in [0.717, 1.165) is 48.1 Å². The number of aromatic amines is 1. The summed E-state index contributed by atoms with van der Waals surface area (Å²) >= 11 is 0. The summed E-state index contributed by atoms with van der Waals surface area (Å²) in [5.74, 6) is 2.62. The number of nitrogens with zero attached hydrogens (tertiary/aromatic N) is 2. The Bertz CT molecular complexity index is 870. The first-order chi connectivity index (χ1) is 12.7. The summed E-state index contributed by atoms with van der Waals surface area (Å²) in [4.78, 5) is 7.97. The molecular weight excluding hydrogens is 330 g/mol. The zero-order valence-electron chi connectivity index (χ0n) is 15.2. The van der Waals surface area contributed by atoms with Crippen LogP contribution < -0.4 is 25.1 Å². The van der Waals surface area contributed by atoms with Gasteiger partial charge in [0, 0.05) is 24.3 Å². The lowest BCUT2D eigenvalue weighted by atomic mass is 9.87. The molecule has 0 aromatic carbocycles. The van der Waals surface area contributed by atoms with Crippen molar-refractivity contribution in [3.8, 4) is 17.8 Å². The van der Waals surface area contributed by atoms with E-state index in [2.05, 4.69) is 26.7 Å². The molecule has 1 spiro atoms. The van der Waals surface area contributed by atoms with Crippen LogP contribution in [0.5, 0.6) is 11.8 Å². The van der Waals surface area contributed by atoms with E-state index in [1.54, 1.807) is 0 Å². The molecule has 0 amide bonds. The molecule has 1 aliphatic carbocycles. The minimum Gasteiger partial charge on any atom is -0.478 e. The van der Waals surface area contributed by atoms with Crippen molar-refractivity contribution in [3.63, 3.8) is 0 Å². The number of ether oxygens (including phenoxy) is 2. The van der Waals surface area contributed by atoms with Crippen LogP contribution >= 0.6 is 0 Å². The highest BCUT2D eigenvalue weighted by atomic mass is 16.5. The monoisotopic (exact) mass is 354 g/mol. The molecule has 1 fully saturated rings. The van der Waals surface area contributed by atoms with Crippen LogP contribution in [0.15, 0.2) is 6.07 Å². The van der Waals surface area contributed by atoms with Crippen LogP contribution in [0.1, 0.15) is 51.5 Å². The Kier molecular flexibility index (Phi) is 4.19. The molecule has 7 heteroatoms. The van der Waals surface area contributed by atoms with Gasteiger partial charge < -0.3 is 14.8 Å². The number of rotatable bonds is 4. The van der Waals surface area contributed by atoms with Gasteiger partial charge in [0.15, 0.2) is 5.66 Å². The smallest absolute Gasteiger partial charge is 0.301 e. The first-order valence-corrected chi connectivity index (χ1v) is 9.36. The van der Waals surface area contributed by atoms with Crippen LogP contribution in [0.4, 0.5) is 11.6 Å². The molecule has 0 atom stereocenters. The quantitative estimate of drug-likeness (QED) is 0.876. The predicted molar refractivity (Wildman–Crippen MR) is 98.4 cm³/mol. The average molecular weight is 354 g/mol. The van der Waals surface area contributed by atoms with Crippen LogP contribution in [0.3, 0.4) is 0 Å². The third-order valence-corrected chi connectivity index (χ3v) is 5.10. The maximum Gasteiger partial charge on any atom is 0.301 e. The van der Waals surface area contributed by atoms with E-state index in [4.69, 9.17) is 9.47 Å². The van der Waals surface area contributed by atoms with Crippen LogP contribution in [0.2, 0.25) is 0 Å². The fourth-order valence-electron chi connectivity index (χ4n) is 4.00. The van der Waals surface area contributed by atoms with Gasteiger partial charge in [0.25, 0.3) is 5.82 Å². The number of pyridine rings is 2. The Balaban J connectivity index is 1.95. The molecule has 0 radical (unpaired) electrons. The topological polar surface area (TPSA) is 93.3 Å². The summed E-state index contributed by atoms with van der Waals surface area (Å²) in [6, 6.07) is 4.09. The van der Waals surface area contributed by atoms with Gasteiger partial charge in [-0.2, -0.15) is 10.2 Å². The maximum atomic E-state index is 9.73. The van der Waals surface area contributed by atoms with Crippen LogP contribution in [0.25, 0.3) is 10.8 Å². The van der Waals surface area contributed by atoms with Gasteiger partial charge in [0.05, 0.1) is 13.2 Å². The van der Waals surface area contributed by atoms with Crippen LogP contribution in [-0.4, -0.2) is 23.9 Å². The fraction of sp³-hybridized carbons (Fsp3) is 0.526. The van der Waals surface area contributed by atoms with E-state index < -0.39 is 0 Å². The van der Waals surface area contributed by atoms with Gasteiger partial charge in [-0.25, -0.2) is 4.98 Å². The number of H-pyrrole nitrogens is 1. The van der Waals surface area contributed by atoms with Gasteiger partial charge in [-0.3, -0.25) is 5.32 Å². The van der Waals surface area contributed by atoms with Gasteiger partial charge in [-0.05, 0) is 26.7 Å². The molecule has 3 N–H and O–H groups in total. The lowest BCUT2D eigenvalue weighted by Gasteiger charge is -2.38. The summed E-state index contributed by atoms with van der Waals surface area (Å²) in [5, 5.41) is 18.6. The van der Waals surface area contributed by atoms with E-state index in [9.17, 15) is 5.26 Å². The highest BCUT2D eigenvalue weighted by Crippen LogP contribution is 2.43. The van der Waals surface area contributed by atoms with Gasteiger partial charge in [-0.1, -0.05) is 6.42 Å². The van der Waals surface area contributed by atoms with E-state index in [1.807, 2.05) is 19.9 Å². The van der Waals surface area contributed by atoms with Gasteiger partial charge in [0.1, 0.15) is 22.8 Å². The molecule has 3 heterocycles. The highest BCUT2D eigenvalue weighted by molar-refractivity contribution is 6.04. The van der Waals surface area contributed by atoms with E-state index >= 15 is 0 Å². The van der Waals surface area contributed by atoms with Gasteiger partial charge >= 0.3 is 5.88 Å². The lowest BCUT2D eigenvalue weighted by Crippen LogP contribution is -2.51. The number of hydrogen-bond donors (Lipinski definition) is 2. The van der Waals surface area contributed by atoms with E-state index in [-0.39, 0.29) is 5.66 Å². The zero-order chi connectivity index (χ0) is 18.1. The van der Waals surface area contributed by atoms with Crippen molar-refractivity contribution < 1.29 is 14.5 Å². The molecule has 0 bridgehead atoms. The Morgan fingerprint density at radius 1 is 1.19 bits per heavy atom. The molecule has 4 rings (SSSR count). The van der Waals surface area contributed by atoms with Crippen molar-refractivity contribution in [1.29, 1.82) is 5.26 Å². The summed E-state index contributed by atoms with van der Waals surface area (Å²) < 4.78 is 11.4. The largest absolute Gasteiger partial charge is 0.478 e. The van der Waals surface area contributed by atoms with Crippen molar-refractivity contribution >= 4 is 22.4 Å². The minimum atomic E-state index is -0.218. The van der Waals surface area contributed by atoms with Crippen LogP contribution in [-0.2, 0) is 0 Å². The van der Waals surface area contributed by atoms with Crippen molar-refractivity contribution in [1.82, 2.24) is 4.98 Å². The predicted octanol–water partition coefficient (Wildman–Crippen LogP) is 3.22. The number of nitrogens with one attached hydrogen (secondary N) is 3. The van der Waals surface area contributed by atoms with Crippen molar-refractivity contribution in [2.75, 3.05) is 23.8 Å². The first kappa shape index (κ1) is 16.7. The fourth-order valence-corrected chi connectivity index (χ4v) is 4.00. The molecule has 7 nitrogen and oxygen atoms in total. The second-order valence-electron chi connectivity index (χ2n) is 6.81. The summed E-state index contributed by atoms with van der Waals surface area (Å²) in [6.07, 6.45) is 5.62. The number of anilines is 2. The molecular formula is C19H24N5O2+. The maximum absolute atomic E-state index is 9.73. The van der Waals surface area contributed by atoms with E-state index in [0.29, 0.717) is 30.5 Å². The molecule has 0 unspecified atom stereocenters. The molecule has 26 heavy (non-hydrogen) atoms. The molecule has 1 aliphatic heterocycles. The molecule has 136 valence electrons. The third kappa shape index (κ3) is 2.66. The summed E-state index contributed by atoms with van der Waals surface area (Å²) in [5.41, 5.74) is 0.253. The number of nitriles is 1. The highest BCUT2D eigenvalue weighted by Gasteiger charge is 2.43. The van der Waals surface area contributed by atoms with Crippen LogP contribution in [0, 0.1) is 11.3 Å². The SMILES string of the molecule is CCOc1cc2c(C#N)c(OCC)[nH+]c3c2c(n1)NC1(CCCCC1)N3. The molecule has 2 aliphatic rings.